The molecule has 170 valence electrons. The van der Waals surface area contributed by atoms with Gasteiger partial charge in [0.2, 0.25) is 5.91 Å². The van der Waals surface area contributed by atoms with Crippen molar-refractivity contribution in [3.05, 3.63) is 58.0 Å². The number of rotatable bonds is 4. The number of amides is 1. The van der Waals surface area contributed by atoms with Crippen molar-refractivity contribution in [2.24, 2.45) is 5.73 Å². The number of hydrogen-bond donors (Lipinski definition) is 1. The number of aromatic nitrogens is 3. The number of halogens is 1. The molecule has 0 unspecified atom stereocenters. The molecule has 2 aromatic heterocycles. The first kappa shape index (κ1) is 22.9. The SMILES string of the molecule is C[C@H](N)c1nc(-c2ccccc2)nn1CC(=O)N1CCC2(CC1)OCCc1ccsc12.Cl. The van der Waals surface area contributed by atoms with Crippen LogP contribution in [0.2, 0.25) is 0 Å². The number of fused-ring (bicyclic) bond motifs is 2. The van der Waals surface area contributed by atoms with E-state index in [1.54, 1.807) is 16.0 Å². The normalized spacial score (nSPS) is 18.1. The van der Waals surface area contributed by atoms with E-state index in [0.29, 0.717) is 24.7 Å². The first-order chi connectivity index (χ1) is 15.1. The van der Waals surface area contributed by atoms with Gasteiger partial charge in [-0.3, -0.25) is 4.79 Å². The summed E-state index contributed by atoms with van der Waals surface area (Å²) in [5.41, 5.74) is 8.23. The molecule has 4 heterocycles. The Balaban J connectivity index is 0.00000245. The fourth-order valence-electron chi connectivity index (χ4n) is 4.59. The number of nitrogens with zero attached hydrogens (tertiary/aromatic N) is 4. The van der Waals surface area contributed by atoms with Crippen LogP contribution in [0.1, 0.15) is 42.1 Å². The second kappa shape index (κ2) is 9.31. The lowest BCUT2D eigenvalue weighted by Gasteiger charge is -2.43. The fraction of sp³-hybridized carbons (Fsp3) is 0.435. The summed E-state index contributed by atoms with van der Waals surface area (Å²) in [6.45, 7) is 4.14. The molecule has 1 fully saturated rings. The van der Waals surface area contributed by atoms with Crippen molar-refractivity contribution in [2.45, 2.75) is 44.4 Å². The Bertz CT molecular complexity index is 1070. The van der Waals surface area contributed by atoms with Crippen molar-refractivity contribution in [3.8, 4) is 11.4 Å². The minimum absolute atomic E-state index is 0. The van der Waals surface area contributed by atoms with E-state index in [9.17, 15) is 4.79 Å². The molecule has 0 aliphatic carbocycles. The van der Waals surface area contributed by atoms with Crippen LogP contribution in [0.15, 0.2) is 41.8 Å². The third-order valence-electron chi connectivity index (χ3n) is 6.26. The first-order valence-electron chi connectivity index (χ1n) is 10.8. The summed E-state index contributed by atoms with van der Waals surface area (Å²) in [6, 6.07) is 11.7. The van der Waals surface area contributed by atoms with Crippen molar-refractivity contribution in [3.63, 3.8) is 0 Å². The average molecular weight is 474 g/mol. The molecule has 2 N–H and O–H groups in total. The van der Waals surface area contributed by atoms with E-state index in [1.165, 1.54) is 10.4 Å². The fourth-order valence-corrected chi connectivity index (χ4v) is 5.76. The zero-order valence-electron chi connectivity index (χ0n) is 18.1. The van der Waals surface area contributed by atoms with Crippen LogP contribution >= 0.6 is 23.7 Å². The second-order valence-electron chi connectivity index (χ2n) is 8.35. The third-order valence-corrected chi connectivity index (χ3v) is 7.40. The highest BCUT2D eigenvalue weighted by atomic mass is 35.5. The molecule has 1 aromatic carbocycles. The summed E-state index contributed by atoms with van der Waals surface area (Å²) in [5.74, 6) is 1.27. The zero-order valence-corrected chi connectivity index (χ0v) is 19.7. The van der Waals surface area contributed by atoms with Crippen molar-refractivity contribution in [2.75, 3.05) is 19.7 Å². The van der Waals surface area contributed by atoms with Crippen molar-refractivity contribution >= 4 is 29.7 Å². The highest BCUT2D eigenvalue weighted by molar-refractivity contribution is 7.10. The van der Waals surface area contributed by atoms with Crippen LogP contribution < -0.4 is 5.73 Å². The summed E-state index contributed by atoms with van der Waals surface area (Å²) < 4.78 is 7.93. The summed E-state index contributed by atoms with van der Waals surface area (Å²) >= 11 is 1.78. The molecule has 1 amide bonds. The summed E-state index contributed by atoms with van der Waals surface area (Å²) in [7, 11) is 0. The van der Waals surface area contributed by atoms with Gasteiger partial charge < -0.3 is 15.4 Å². The Morgan fingerprint density at radius 1 is 1.25 bits per heavy atom. The van der Waals surface area contributed by atoms with Crippen molar-refractivity contribution < 1.29 is 9.53 Å². The van der Waals surface area contributed by atoms with E-state index in [1.807, 2.05) is 42.2 Å². The standard InChI is InChI=1S/C23H27N5O2S.ClH/c1-16(24)22-25-21(18-5-3-2-4-6-18)26-28(22)15-19(29)27-11-9-23(10-12-27)20-17(7-13-30-23)8-14-31-20;/h2-6,8,14,16H,7,9-13,15,24H2,1H3;1H/t16-;/m0./s1. The van der Waals surface area contributed by atoms with E-state index in [0.717, 1.165) is 31.4 Å². The lowest BCUT2D eigenvalue weighted by atomic mass is 9.85. The minimum Gasteiger partial charge on any atom is -0.369 e. The Labute approximate surface area is 198 Å². The van der Waals surface area contributed by atoms with Crippen LogP contribution in [-0.4, -0.2) is 45.3 Å². The van der Waals surface area contributed by atoms with Gasteiger partial charge in [-0.15, -0.1) is 23.7 Å². The van der Waals surface area contributed by atoms with Gasteiger partial charge in [0.15, 0.2) is 5.82 Å². The molecule has 0 radical (unpaired) electrons. The first-order valence-corrected chi connectivity index (χ1v) is 11.7. The van der Waals surface area contributed by atoms with Gasteiger partial charge in [-0.05, 0) is 43.2 Å². The van der Waals surface area contributed by atoms with Gasteiger partial charge in [0.1, 0.15) is 18.0 Å². The monoisotopic (exact) mass is 473 g/mol. The summed E-state index contributed by atoms with van der Waals surface area (Å²) in [5, 5.41) is 6.75. The number of hydrogen-bond acceptors (Lipinski definition) is 6. The molecule has 1 spiro atoms. The van der Waals surface area contributed by atoms with Crippen molar-refractivity contribution in [1.29, 1.82) is 0 Å². The zero-order chi connectivity index (χ0) is 21.4. The Hall–Kier alpha value is -2.26. The Morgan fingerprint density at radius 3 is 2.72 bits per heavy atom. The van der Waals surface area contributed by atoms with Gasteiger partial charge in [0, 0.05) is 23.5 Å². The third kappa shape index (κ3) is 4.20. The maximum absolute atomic E-state index is 13.1. The largest absolute Gasteiger partial charge is 0.369 e. The maximum Gasteiger partial charge on any atom is 0.244 e. The molecular formula is C23H28ClN5O2S. The van der Waals surface area contributed by atoms with E-state index in [4.69, 9.17) is 10.5 Å². The number of likely N-dealkylation sites (tertiary alicyclic amines) is 1. The van der Waals surface area contributed by atoms with E-state index < -0.39 is 0 Å². The van der Waals surface area contributed by atoms with Gasteiger partial charge in [0.05, 0.1) is 12.6 Å². The van der Waals surface area contributed by atoms with Gasteiger partial charge in [-0.1, -0.05) is 30.3 Å². The molecule has 2 aliphatic rings. The molecular weight excluding hydrogens is 446 g/mol. The summed E-state index contributed by atoms with van der Waals surface area (Å²) in [6.07, 6.45) is 2.65. The van der Waals surface area contributed by atoms with Crippen molar-refractivity contribution in [1.82, 2.24) is 19.7 Å². The van der Waals surface area contributed by atoms with Gasteiger partial charge >= 0.3 is 0 Å². The van der Waals surface area contributed by atoms with Gasteiger partial charge in [-0.2, -0.15) is 5.10 Å². The van der Waals surface area contributed by atoms with Crippen LogP contribution in [0.3, 0.4) is 0 Å². The average Bonchev–Trinajstić information content (AvgIpc) is 3.43. The van der Waals surface area contributed by atoms with E-state index >= 15 is 0 Å². The highest BCUT2D eigenvalue weighted by Gasteiger charge is 2.42. The molecule has 2 aliphatic heterocycles. The smallest absolute Gasteiger partial charge is 0.244 e. The number of carbonyl (C=O) groups is 1. The Kier molecular flexibility index (Phi) is 6.67. The van der Waals surface area contributed by atoms with Gasteiger partial charge in [0.25, 0.3) is 0 Å². The molecule has 7 nitrogen and oxygen atoms in total. The number of benzene rings is 1. The Morgan fingerprint density at radius 2 is 2.00 bits per heavy atom. The highest BCUT2D eigenvalue weighted by Crippen LogP contribution is 2.44. The van der Waals surface area contributed by atoms with E-state index in [-0.39, 0.29) is 36.5 Å². The molecule has 3 aromatic rings. The molecule has 32 heavy (non-hydrogen) atoms. The maximum atomic E-state index is 13.1. The number of nitrogens with two attached hydrogens (primary N) is 1. The lowest BCUT2D eigenvalue weighted by Crippen LogP contribution is -2.48. The molecule has 0 saturated carbocycles. The number of thiophene rings is 1. The second-order valence-corrected chi connectivity index (χ2v) is 9.27. The minimum atomic E-state index is -0.310. The van der Waals surface area contributed by atoms with Crippen LogP contribution in [-0.2, 0) is 28.1 Å². The van der Waals surface area contributed by atoms with E-state index in [2.05, 4.69) is 21.5 Å². The molecule has 1 atom stereocenters. The quantitative estimate of drug-likeness (QED) is 0.626. The van der Waals surface area contributed by atoms with Crippen LogP contribution in [0.4, 0.5) is 0 Å². The number of carbonyl (C=O) groups excluding carboxylic acids is 1. The predicted molar refractivity (Wildman–Crippen MR) is 127 cm³/mol. The molecule has 0 bridgehead atoms. The topological polar surface area (TPSA) is 86.3 Å². The molecule has 1 saturated heterocycles. The van der Waals surface area contributed by atoms with Gasteiger partial charge in [-0.25, -0.2) is 9.67 Å². The molecule has 5 rings (SSSR count). The number of piperidine rings is 1. The van der Waals surface area contributed by atoms with Crippen LogP contribution in [0.25, 0.3) is 11.4 Å². The lowest BCUT2D eigenvalue weighted by molar-refractivity contribution is -0.141. The number of ether oxygens (including phenoxy) is 1. The molecule has 9 heteroatoms. The van der Waals surface area contributed by atoms with Crippen LogP contribution in [0.5, 0.6) is 0 Å². The predicted octanol–water partition coefficient (Wildman–Crippen LogP) is 3.54. The summed E-state index contributed by atoms with van der Waals surface area (Å²) in [4.78, 5) is 21.0. The van der Waals surface area contributed by atoms with Crippen LogP contribution in [0, 0.1) is 0 Å².